The lowest BCUT2D eigenvalue weighted by Crippen LogP contribution is -2.49. The van der Waals surface area contributed by atoms with Crippen molar-refractivity contribution in [3.05, 3.63) is 0 Å². The van der Waals surface area contributed by atoms with Crippen molar-refractivity contribution in [1.29, 1.82) is 0 Å². The number of rotatable bonds is 3. The van der Waals surface area contributed by atoms with Crippen LogP contribution in [0.3, 0.4) is 0 Å². The van der Waals surface area contributed by atoms with Gasteiger partial charge in [0.2, 0.25) is 5.91 Å². The van der Waals surface area contributed by atoms with Crippen LogP contribution >= 0.6 is 0 Å². The van der Waals surface area contributed by atoms with Crippen molar-refractivity contribution in [2.24, 2.45) is 11.8 Å². The van der Waals surface area contributed by atoms with E-state index >= 15 is 0 Å². The van der Waals surface area contributed by atoms with Gasteiger partial charge in [-0.3, -0.25) is 15.1 Å². The summed E-state index contributed by atoms with van der Waals surface area (Å²) in [5, 5.41) is 0. The minimum absolute atomic E-state index is 0.0485. The molecule has 0 aromatic carbocycles. The second kappa shape index (κ2) is 5.15. The lowest BCUT2D eigenvalue weighted by molar-refractivity contribution is -0.122. The minimum atomic E-state index is -0.0485. The van der Waals surface area contributed by atoms with E-state index in [2.05, 4.69) is 17.2 Å². The molecule has 2 rings (SSSR count). The van der Waals surface area contributed by atoms with Gasteiger partial charge >= 0.3 is 0 Å². The zero-order valence-corrected chi connectivity index (χ0v) is 10.1. The monoisotopic (exact) mass is 225 g/mol. The summed E-state index contributed by atoms with van der Waals surface area (Å²) in [7, 11) is 0. The van der Waals surface area contributed by atoms with Crippen LogP contribution in [0.2, 0.25) is 0 Å². The number of nitrogens with two attached hydrogens (primary N) is 1. The van der Waals surface area contributed by atoms with Crippen LogP contribution in [0.5, 0.6) is 0 Å². The van der Waals surface area contributed by atoms with Crippen LogP contribution in [-0.2, 0) is 4.79 Å². The number of nitrogens with one attached hydrogen (secondary N) is 1. The molecule has 2 aliphatic rings. The molecule has 1 saturated heterocycles. The van der Waals surface area contributed by atoms with Crippen molar-refractivity contribution in [3.8, 4) is 0 Å². The van der Waals surface area contributed by atoms with Gasteiger partial charge in [0.15, 0.2) is 0 Å². The van der Waals surface area contributed by atoms with E-state index in [-0.39, 0.29) is 5.91 Å². The molecule has 1 heterocycles. The third-order valence-electron chi connectivity index (χ3n) is 4.24. The van der Waals surface area contributed by atoms with Gasteiger partial charge in [-0.05, 0) is 45.1 Å². The number of carbonyl (C=O) groups excluding carboxylic acids is 1. The summed E-state index contributed by atoms with van der Waals surface area (Å²) in [6, 6.07) is 1.06. The van der Waals surface area contributed by atoms with Gasteiger partial charge in [-0.1, -0.05) is 6.42 Å². The number of amides is 1. The molecule has 3 unspecified atom stereocenters. The molecule has 1 amide bonds. The van der Waals surface area contributed by atoms with Crippen LogP contribution in [0.15, 0.2) is 0 Å². The van der Waals surface area contributed by atoms with E-state index in [1.54, 1.807) is 0 Å². The number of hydrogen-bond donors (Lipinski definition) is 2. The lowest BCUT2D eigenvalue weighted by Gasteiger charge is -2.41. The van der Waals surface area contributed by atoms with Gasteiger partial charge in [0.25, 0.3) is 0 Å². The van der Waals surface area contributed by atoms with Gasteiger partial charge in [0.05, 0.1) is 0 Å². The summed E-state index contributed by atoms with van der Waals surface area (Å²) in [4.78, 5) is 13.8. The average molecular weight is 225 g/mol. The second-order valence-electron chi connectivity index (χ2n) is 5.26. The number of likely N-dealkylation sites (tertiary alicyclic amines) is 1. The van der Waals surface area contributed by atoms with E-state index < -0.39 is 0 Å². The van der Waals surface area contributed by atoms with Crippen molar-refractivity contribution >= 4 is 5.91 Å². The molecule has 0 aromatic heterocycles. The number of carbonyl (C=O) groups is 1. The van der Waals surface area contributed by atoms with Crippen molar-refractivity contribution in [1.82, 2.24) is 10.3 Å². The normalized spacial score (nSPS) is 32.1. The number of fused-ring (bicyclic) bond motifs is 1. The first kappa shape index (κ1) is 11.9. The molecule has 0 bridgehead atoms. The molecule has 1 aliphatic heterocycles. The molecule has 1 aliphatic carbocycles. The zero-order chi connectivity index (χ0) is 11.5. The highest BCUT2D eigenvalue weighted by atomic mass is 16.2. The fraction of sp³-hybridized carbons (Fsp3) is 0.917. The van der Waals surface area contributed by atoms with Crippen molar-refractivity contribution in [2.45, 2.75) is 57.5 Å². The average Bonchev–Trinajstić information content (AvgIpc) is 2.76. The third kappa shape index (κ3) is 2.38. The van der Waals surface area contributed by atoms with Gasteiger partial charge < -0.3 is 0 Å². The summed E-state index contributed by atoms with van der Waals surface area (Å²) >= 11 is 0. The molecule has 0 radical (unpaired) electrons. The van der Waals surface area contributed by atoms with E-state index in [9.17, 15) is 4.79 Å². The van der Waals surface area contributed by atoms with E-state index in [1.807, 2.05) is 0 Å². The Morgan fingerprint density at radius 2 is 2.19 bits per heavy atom. The Morgan fingerprint density at radius 3 is 2.94 bits per heavy atom. The maximum absolute atomic E-state index is 11.3. The Kier molecular flexibility index (Phi) is 3.82. The molecule has 92 valence electrons. The predicted octanol–water partition coefficient (Wildman–Crippen LogP) is 1.02. The van der Waals surface area contributed by atoms with Crippen LogP contribution in [-0.4, -0.2) is 29.4 Å². The Morgan fingerprint density at radius 1 is 1.44 bits per heavy atom. The van der Waals surface area contributed by atoms with Gasteiger partial charge in [0, 0.05) is 18.5 Å². The van der Waals surface area contributed by atoms with E-state index in [0.29, 0.717) is 12.5 Å². The molecule has 0 aromatic rings. The van der Waals surface area contributed by atoms with E-state index in [4.69, 9.17) is 5.84 Å². The molecular formula is C12H23N3O. The van der Waals surface area contributed by atoms with Crippen LogP contribution < -0.4 is 11.3 Å². The van der Waals surface area contributed by atoms with Crippen molar-refractivity contribution in [2.75, 3.05) is 6.54 Å². The zero-order valence-electron chi connectivity index (χ0n) is 10.1. The van der Waals surface area contributed by atoms with Crippen LogP contribution in [0.1, 0.15) is 45.4 Å². The summed E-state index contributed by atoms with van der Waals surface area (Å²) in [6.45, 7) is 3.30. The highest BCUT2D eigenvalue weighted by molar-refractivity contribution is 5.75. The fourth-order valence-electron chi connectivity index (χ4n) is 3.48. The SMILES string of the molecule is CC(CC(=O)NN)N1CCCC2CCCC21. The second-order valence-corrected chi connectivity index (χ2v) is 5.26. The van der Waals surface area contributed by atoms with E-state index in [0.717, 1.165) is 18.5 Å². The maximum Gasteiger partial charge on any atom is 0.235 e. The van der Waals surface area contributed by atoms with Crippen LogP contribution in [0, 0.1) is 5.92 Å². The van der Waals surface area contributed by atoms with Crippen LogP contribution in [0.4, 0.5) is 0 Å². The maximum atomic E-state index is 11.3. The lowest BCUT2D eigenvalue weighted by atomic mass is 9.90. The minimum Gasteiger partial charge on any atom is -0.297 e. The molecule has 3 N–H and O–H groups in total. The van der Waals surface area contributed by atoms with Crippen LogP contribution in [0.25, 0.3) is 0 Å². The molecule has 0 spiro atoms. The number of hydrogen-bond acceptors (Lipinski definition) is 3. The molecular weight excluding hydrogens is 202 g/mol. The molecule has 16 heavy (non-hydrogen) atoms. The molecule has 3 atom stereocenters. The Balaban J connectivity index is 1.94. The van der Waals surface area contributed by atoms with Crippen molar-refractivity contribution < 1.29 is 4.79 Å². The van der Waals surface area contributed by atoms with Gasteiger partial charge in [0.1, 0.15) is 0 Å². The Bertz CT molecular complexity index is 257. The summed E-state index contributed by atoms with van der Waals surface area (Å²) in [5.41, 5.74) is 2.23. The largest absolute Gasteiger partial charge is 0.297 e. The van der Waals surface area contributed by atoms with E-state index in [1.165, 1.54) is 32.1 Å². The number of hydrazine groups is 1. The molecule has 2 fully saturated rings. The molecule has 1 saturated carbocycles. The smallest absolute Gasteiger partial charge is 0.235 e. The standard InChI is InChI=1S/C12H23N3O/c1-9(8-12(16)14-13)15-7-3-5-10-4-2-6-11(10)15/h9-11H,2-8,13H2,1H3,(H,14,16). The third-order valence-corrected chi connectivity index (χ3v) is 4.24. The fourth-order valence-corrected chi connectivity index (χ4v) is 3.48. The number of piperidine rings is 1. The Labute approximate surface area is 97.5 Å². The van der Waals surface area contributed by atoms with Crippen molar-refractivity contribution in [3.63, 3.8) is 0 Å². The predicted molar refractivity (Wildman–Crippen MR) is 63.5 cm³/mol. The highest BCUT2D eigenvalue weighted by Gasteiger charge is 2.37. The first-order valence-electron chi connectivity index (χ1n) is 6.47. The summed E-state index contributed by atoms with van der Waals surface area (Å²) < 4.78 is 0. The quantitative estimate of drug-likeness (QED) is 0.428. The summed E-state index contributed by atoms with van der Waals surface area (Å²) in [5.74, 6) is 5.98. The summed E-state index contributed by atoms with van der Waals surface area (Å²) in [6.07, 6.45) is 7.27. The molecule has 4 heteroatoms. The molecule has 4 nitrogen and oxygen atoms in total. The Hall–Kier alpha value is -0.610. The topological polar surface area (TPSA) is 58.4 Å². The highest BCUT2D eigenvalue weighted by Crippen LogP contribution is 2.37. The van der Waals surface area contributed by atoms with Gasteiger partial charge in [-0.15, -0.1) is 0 Å². The first-order chi connectivity index (χ1) is 7.72. The number of nitrogens with zero attached hydrogens (tertiary/aromatic N) is 1. The van der Waals surface area contributed by atoms with Gasteiger partial charge in [-0.2, -0.15) is 0 Å². The first-order valence-corrected chi connectivity index (χ1v) is 6.47. The van der Waals surface area contributed by atoms with Gasteiger partial charge in [-0.25, -0.2) is 5.84 Å².